The molecule has 1 aromatic heterocycles. The van der Waals surface area contributed by atoms with E-state index >= 15 is 0 Å². The van der Waals surface area contributed by atoms with E-state index in [9.17, 15) is 5.11 Å². The van der Waals surface area contributed by atoms with Crippen LogP contribution in [-0.2, 0) is 0 Å². The Morgan fingerprint density at radius 2 is 2.17 bits per heavy atom. The Morgan fingerprint density at radius 1 is 1.28 bits per heavy atom. The summed E-state index contributed by atoms with van der Waals surface area (Å²) in [6, 6.07) is 7.74. The van der Waals surface area contributed by atoms with Crippen LogP contribution in [0.3, 0.4) is 0 Å². The molecule has 4 N–H and O–H groups in total. The van der Waals surface area contributed by atoms with Crippen LogP contribution in [0, 0.1) is 0 Å². The van der Waals surface area contributed by atoms with Crippen molar-refractivity contribution in [2.24, 2.45) is 5.73 Å². The van der Waals surface area contributed by atoms with Crippen LogP contribution in [0.5, 0.6) is 5.75 Å². The topological polar surface area (TPSA) is 71.2 Å². The number of nitrogens with zero attached hydrogens (tertiary/aromatic N) is 1. The van der Waals surface area contributed by atoms with Crippen molar-refractivity contribution < 1.29 is 5.11 Å². The molecule has 1 heterocycles. The maximum atomic E-state index is 9.59. The number of pyridine rings is 1. The average molecular weight is 243 g/mol. The molecule has 4 nitrogen and oxygen atoms in total. The molecule has 3 rings (SSSR count). The molecule has 0 aliphatic heterocycles. The zero-order valence-electron chi connectivity index (χ0n) is 10.1. The van der Waals surface area contributed by atoms with E-state index in [1.54, 1.807) is 18.3 Å². The second kappa shape index (κ2) is 4.46. The minimum Gasteiger partial charge on any atom is -0.508 e. The number of aromatic nitrogens is 1. The number of hydrogen-bond acceptors (Lipinski definition) is 4. The summed E-state index contributed by atoms with van der Waals surface area (Å²) in [6.07, 6.45) is 5.09. The smallest absolute Gasteiger partial charge is 0.134 e. The summed E-state index contributed by atoms with van der Waals surface area (Å²) in [4.78, 5) is 4.37. The van der Waals surface area contributed by atoms with Gasteiger partial charge in [0.2, 0.25) is 0 Å². The highest BCUT2D eigenvalue weighted by Gasteiger charge is 2.24. The fourth-order valence-corrected chi connectivity index (χ4v) is 2.61. The first-order valence-electron chi connectivity index (χ1n) is 6.34. The van der Waals surface area contributed by atoms with Crippen LogP contribution < -0.4 is 11.1 Å². The molecule has 2 unspecified atom stereocenters. The Bertz CT molecular complexity index is 570. The second-order valence-electron chi connectivity index (χ2n) is 4.91. The average Bonchev–Trinajstić information content (AvgIpc) is 2.76. The van der Waals surface area contributed by atoms with Crippen LogP contribution in [-0.4, -0.2) is 22.2 Å². The molecule has 2 aromatic rings. The molecule has 1 aliphatic rings. The lowest BCUT2D eigenvalue weighted by Crippen LogP contribution is -2.35. The Labute approximate surface area is 106 Å². The molecule has 1 aliphatic carbocycles. The summed E-state index contributed by atoms with van der Waals surface area (Å²) in [5.41, 5.74) is 6.06. The molecule has 1 saturated carbocycles. The van der Waals surface area contributed by atoms with Gasteiger partial charge in [-0.3, -0.25) is 0 Å². The number of nitrogens with two attached hydrogens (primary N) is 1. The van der Waals surface area contributed by atoms with Gasteiger partial charge in [-0.1, -0.05) is 6.07 Å². The van der Waals surface area contributed by atoms with Gasteiger partial charge >= 0.3 is 0 Å². The lowest BCUT2D eigenvalue weighted by Gasteiger charge is -2.19. The largest absolute Gasteiger partial charge is 0.508 e. The van der Waals surface area contributed by atoms with Crippen molar-refractivity contribution in [3.05, 3.63) is 30.5 Å². The van der Waals surface area contributed by atoms with Crippen molar-refractivity contribution >= 4 is 16.6 Å². The zero-order valence-corrected chi connectivity index (χ0v) is 10.1. The maximum absolute atomic E-state index is 9.59. The van der Waals surface area contributed by atoms with E-state index < -0.39 is 0 Å². The third-order valence-electron chi connectivity index (χ3n) is 3.64. The van der Waals surface area contributed by atoms with E-state index in [0.29, 0.717) is 0 Å². The molecule has 1 aromatic carbocycles. The van der Waals surface area contributed by atoms with Crippen LogP contribution in [0.15, 0.2) is 30.5 Å². The number of rotatable bonds is 2. The number of hydrogen-bond donors (Lipinski definition) is 3. The van der Waals surface area contributed by atoms with Crippen molar-refractivity contribution in [1.82, 2.24) is 4.98 Å². The molecule has 0 amide bonds. The van der Waals surface area contributed by atoms with E-state index in [1.165, 1.54) is 0 Å². The van der Waals surface area contributed by atoms with E-state index in [-0.39, 0.29) is 17.8 Å². The van der Waals surface area contributed by atoms with Gasteiger partial charge in [0.15, 0.2) is 0 Å². The monoisotopic (exact) mass is 243 g/mol. The molecule has 0 saturated heterocycles. The van der Waals surface area contributed by atoms with Crippen LogP contribution in [0.25, 0.3) is 10.8 Å². The minimum atomic E-state index is 0.194. The SMILES string of the molecule is NC1CCCC1Nc1nccc2ccc(O)cc12. The van der Waals surface area contributed by atoms with Gasteiger partial charge in [0.05, 0.1) is 0 Å². The zero-order chi connectivity index (χ0) is 12.5. The third-order valence-corrected chi connectivity index (χ3v) is 3.64. The maximum Gasteiger partial charge on any atom is 0.134 e. The number of phenols is 1. The normalized spacial score (nSPS) is 23.4. The minimum absolute atomic E-state index is 0.194. The summed E-state index contributed by atoms with van der Waals surface area (Å²) in [5.74, 6) is 1.07. The molecular weight excluding hydrogens is 226 g/mol. The highest BCUT2D eigenvalue weighted by atomic mass is 16.3. The first kappa shape index (κ1) is 11.3. The summed E-state index contributed by atoms with van der Waals surface area (Å²) >= 11 is 0. The van der Waals surface area contributed by atoms with Gasteiger partial charge in [-0.05, 0) is 42.8 Å². The third kappa shape index (κ3) is 1.99. The Balaban J connectivity index is 1.98. The number of fused-ring (bicyclic) bond motifs is 1. The quantitative estimate of drug-likeness (QED) is 0.756. The van der Waals surface area contributed by atoms with Crippen LogP contribution >= 0.6 is 0 Å². The predicted molar refractivity (Wildman–Crippen MR) is 72.6 cm³/mol. The van der Waals surface area contributed by atoms with Gasteiger partial charge in [0, 0.05) is 23.7 Å². The molecule has 0 radical (unpaired) electrons. The van der Waals surface area contributed by atoms with Gasteiger partial charge < -0.3 is 16.2 Å². The van der Waals surface area contributed by atoms with Crippen LogP contribution in [0.1, 0.15) is 19.3 Å². The van der Waals surface area contributed by atoms with E-state index in [0.717, 1.165) is 35.9 Å². The summed E-state index contributed by atoms with van der Waals surface area (Å²) in [7, 11) is 0. The van der Waals surface area contributed by atoms with E-state index in [1.807, 2.05) is 12.1 Å². The van der Waals surface area contributed by atoms with E-state index in [2.05, 4.69) is 10.3 Å². The Kier molecular flexibility index (Phi) is 2.80. The lowest BCUT2D eigenvalue weighted by molar-refractivity contribution is 0.476. The van der Waals surface area contributed by atoms with Crippen LogP contribution in [0.2, 0.25) is 0 Å². The fraction of sp³-hybridized carbons (Fsp3) is 0.357. The molecule has 4 heteroatoms. The number of phenolic OH excluding ortho intramolecular Hbond substituents is 1. The summed E-state index contributed by atoms with van der Waals surface area (Å²) in [5, 5.41) is 15.0. The highest BCUT2D eigenvalue weighted by Crippen LogP contribution is 2.28. The number of anilines is 1. The predicted octanol–water partition coefficient (Wildman–Crippen LogP) is 2.23. The van der Waals surface area contributed by atoms with E-state index in [4.69, 9.17) is 5.73 Å². The summed E-state index contributed by atoms with van der Waals surface area (Å²) < 4.78 is 0. The molecule has 94 valence electrons. The number of aromatic hydroxyl groups is 1. The van der Waals surface area contributed by atoms with Crippen molar-refractivity contribution in [3.8, 4) is 5.75 Å². The first-order valence-corrected chi connectivity index (χ1v) is 6.34. The molecule has 1 fully saturated rings. The number of nitrogens with one attached hydrogen (secondary N) is 1. The highest BCUT2D eigenvalue weighted by molar-refractivity contribution is 5.92. The molecule has 0 bridgehead atoms. The van der Waals surface area contributed by atoms with Crippen molar-refractivity contribution in [2.45, 2.75) is 31.3 Å². The Morgan fingerprint density at radius 3 is 2.94 bits per heavy atom. The van der Waals surface area contributed by atoms with Gasteiger partial charge in [0.25, 0.3) is 0 Å². The first-order chi connectivity index (χ1) is 8.74. The van der Waals surface area contributed by atoms with Crippen molar-refractivity contribution in [2.75, 3.05) is 5.32 Å². The van der Waals surface area contributed by atoms with Gasteiger partial charge in [-0.25, -0.2) is 4.98 Å². The van der Waals surface area contributed by atoms with Crippen LogP contribution in [0.4, 0.5) is 5.82 Å². The Hall–Kier alpha value is -1.81. The number of benzene rings is 1. The van der Waals surface area contributed by atoms with Gasteiger partial charge in [-0.2, -0.15) is 0 Å². The molecular formula is C14H17N3O. The van der Waals surface area contributed by atoms with Gasteiger partial charge in [-0.15, -0.1) is 0 Å². The standard InChI is InChI=1S/C14H17N3O/c15-12-2-1-3-13(12)17-14-11-8-10(18)5-4-9(11)6-7-16-14/h4-8,12-13,18H,1-3,15H2,(H,16,17). The molecule has 18 heavy (non-hydrogen) atoms. The summed E-state index contributed by atoms with van der Waals surface area (Å²) in [6.45, 7) is 0. The van der Waals surface area contributed by atoms with Crippen molar-refractivity contribution in [3.63, 3.8) is 0 Å². The second-order valence-corrected chi connectivity index (χ2v) is 4.91. The fourth-order valence-electron chi connectivity index (χ4n) is 2.61. The van der Waals surface area contributed by atoms with Crippen molar-refractivity contribution in [1.29, 1.82) is 0 Å². The van der Waals surface area contributed by atoms with Gasteiger partial charge in [0.1, 0.15) is 11.6 Å². The molecule has 2 atom stereocenters. The lowest BCUT2D eigenvalue weighted by atomic mass is 10.1. The molecule has 0 spiro atoms.